The lowest BCUT2D eigenvalue weighted by Crippen LogP contribution is -2.25. The Balaban J connectivity index is 1.86. The number of nitrogens with one attached hydrogen (secondary N) is 2. The van der Waals surface area contributed by atoms with Gasteiger partial charge in [-0.3, -0.25) is 9.59 Å². The van der Waals surface area contributed by atoms with Crippen LogP contribution in [0, 0.1) is 0 Å². The van der Waals surface area contributed by atoms with E-state index in [1.165, 1.54) is 0 Å². The van der Waals surface area contributed by atoms with Crippen LogP contribution in [0.3, 0.4) is 0 Å². The van der Waals surface area contributed by atoms with Gasteiger partial charge in [0, 0.05) is 18.8 Å². The van der Waals surface area contributed by atoms with E-state index in [1.807, 2.05) is 4.57 Å². The first-order chi connectivity index (χ1) is 12.6. The number of nitrogens with zero attached hydrogens (tertiary/aromatic N) is 2. The molecule has 1 aliphatic heterocycles. The monoisotopic (exact) mass is 354 g/mol. The number of carbonyl (C=O) groups excluding carboxylic acids is 2. The van der Waals surface area contributed by atoms with Gasteiger partial charge < -0.3 is 19.9 Å². The molecule has 0 unspecified atom stereocenters. The minimum absolute atomic E-state index is 0.263. The normalized spacial score (nSPS) is 12.8. The van der Waals surface area contributed by atoms with Gasteiger partial charge in [0.1, 0.15) is 11.4 Å². The molecule has 0 fully saturated rings. The Labute approximate surface area is 152 Å². The van der Waals surface area contributed by atoms with Crippen LogP contribution in [-0.4, -0.2) is 35.0 Å². The lowest BCUT2D eigenvalue weighted by atomic mass is 10.1. The topological polar surface area (TPSA) is 85.2 Å². The largest absolute Gasteiger partial charge is 0.497 e. The van der Waals surface area contributed by atoms with Crippen molar-refractivity contribution in [3.63, 3.8) is 0 Å². The van der Waals surface area contributed by atoms with Gasteiger partial charge in [0.15, 0.2) is 5.82 Å². The number of rotatable bonds is 6. The van der Waals surface area contributed by atoms with Gasteiger partial charge >= 0.3 is 0 Å². The predicted octanol–water partition coefficient (Wildman–Crippen LogP) is 2.40. The van der Waals surface area contributed by atoms with Crippen molar-refractivity contribution in [2.24, 2.45) is 0 Å². The molecule has 26 heavy (non-hydrogen) atoms. The average molecular weight is 354 g/mol. The fourth-order valence-electron chi connectivity index (χ4n) is 3.01. The summed E-state index contributed by atoms with van der Waals surface area (Å²) in [6.07, 6.45) is 4.28. The van der Waals surface area contributed by atoms with E-state index in [0.717, 1.165) is 25.0 Å². The SMILES string of the molecule is C=CCNC(=O)c1nc(C(=O)Nc2ccc(OC)cc2)n2c1CCCC2. The Hall–Kier alpha value is -3.09. The second-order valence-electron chi connectivity index (χ2n) is 6.02. The molecular formula is C19H22N4O3. The molecule has 0 saturated carbocycles. The number of hydrogen-bond acceptors (Lipinski definition) is 4. The number of carbonyl (C=O) groups is 2. The number of imidazole rings is 1. The highest BCUT2D eigenvalue weighted by Gasteiger charge is 2.27. The Morgan fingerprint density at radius 2 is 2.04 bits per heavy atom. The predicted molar refractivity (Wildman–Crippen MR) is 98.6 cm³/mol. The first kappa shape index (κ1) is 17.7. The molecule has 3 rings (SSSR count). The van der Waals surface area contributed by atoms with Gasteiger partial charge in [-0.2, -0.15) is 0 Å². The van der Waals surface area contributed by atoms with Gasteiger partial charge in [-0.05, 0) is 43.5 Å². The van der Waals surface area contributed by atoms with Gasteiger partial charge in [0.2, 0.25) is 0 Å². The molecule has 0 atom stereocenters. The van der Waals surface area contributed by atoms with Crippen LogP contribution in [0.15, 0.2) is 36.9 Å². The van der Waals surface area contributed by atoms with Crippen LogP contribution in [0.4, 0.5) is 5.69 Å². The average Bonchev–Trinajstić information content (AvgIpc) is 3.06. The van der Waals surface area contributed by atoms with Crippen molar-refractivity contribution in [1.29, 1.82) is 0 Å². The minimum Gasteiger partial charge on any atom is -0.497 e. The summed E-state index contributed by atoms with van der Waals surface area (Å²) in [7, 11) is 1.59. The highest BCUT2D eigenvalue weighted by atomic mass is 16.5. The van der Waals surface area contributed by atoms with Crippen molar-refractivity contribution in [3.05, 3.63) is 54.1 Å². The molecule has 1 aromatic heterocycles. The van der Waals surface area contributed by atoms with Crippen LogP contribution in [0.25, 0.3) is 0 Å². The van der Waals surface area contributed by atoms with Gasteiger partial charge in [0.05, 0.1) is 12.8 Å². The molecule has 0 bridgehead atoms. The summed E-state index contributed by atoms with van der Waals surface area (Å²) in [5.74, 6) is 0.363. The van der Waals surface area contributed by atoms with E-state index in [1.54, 1.807) is 37.5 Å². The molecule has 0 aliphatic carbocycles. The summed E-state index contributed by atoms with van der Waals surface area (Å²) in [5, 5.41) is 5.56. The number of fused-ring (bicyclic) bond motifs is 1. The number of benzene rings is 1. The molecule has 1 aromatic carbocycles. The molecule has 7 heteroatoms. The lowest BCUT2D eigenvalue weighted by molar-refractivity contribution is 0.0952. The van der Waals surface area contributed by atoms with Gasteiger partial charge in [-0.25, -0.2) is 4.98 Å². The van der Waals surface area contributed by atoms with Gasteiger partial charge in [-0.15, -0.1) is 6.58 Å². The molecule has 1 aliphatic rings. The number of amides is 2. The fourth-order valence-corrected chi connectivity index (χ4v) is 3.01. The molecule has 2 heterocycles. The molecule has 2 aromatic rings. The number of ether oxygens (including phenoxy) is 1. The molecule has 0 radical (unpaired) electrons. The first-order valence-electron chi connectivity index (χ1n) is 8.58. The Kier molecular flexibility index (Phi) is 5.36. The third kappa shape index (κ3) is 3.61. The second kappa shape index (κ2) is 7.86. The molecule has 136 valence electrons. The Morgan fingerprint density at radius 3 is 2.73 bits per heavy atom. The maximum absolute atomic E-state index is 12.7. The summed E-state index contributed by atoms with van der Waals surface area (Å²) >= 11 is 0. The summed E-state index contributed by atoms with van der Waals surface area (Å²) in [4.78, 5) is 29.4. The highest BCUT2D eigenvalue weighted by Crippen LogP contribution is 2.22. The van der Waals surface area contributed by atoms with Crippen LogP contribution in [-0.2, 0) is 13.0 Å². The Bertz CT molecular complexity index is 824. The van der Waals surface area contributed by atoms with E-state index in [0.29, 0.717) is 30.2 Å². The maximum Gasteiger partial charge on any atom is 0.291 e. The van der Waals surface area contributed by atoms with Crippen LogP contribution >= 0.6 is 0 Å². The van der Waals surface area contributed by atoms with Crippen molar-refractivity contribution >= 4 is 17.5 Å². The zero-order chi connectivity index (χ0) is 18.5. The van der Waals surface area contributed by atoms with Crippen molar-refractivity contribution in [2.75, 3.05) is 19.0 Å². The van der Waals surface area contributed by atoms with Crippen molar-refractivity contribution in [1.82, 2.24) is 14.9 Å². The molecular weight excluding hydrogens is 332 g/mol. The standard InChI is InChI=1S/C19H22N4O3/c1-3-11-20-18(24)16-15-6-4-5-12-23(15)17(22-16)19(25)21-13-7-9-14(26-2)10-8-13/h3,7-10H,1,4-6,11-12H2,2H3,(H,20,24)(H,21,25). The van der Waals surface area contributed by atoms with Crippen LogP contribution in [0.1, 0.15) is 39.6 Å². The highest BCUT2D eigenvalue weighted by molar-refractivity contribution is 6.03. The van der Waals surface area contributed by atoms with E-state index < -0.39 is 0 Å². The van der Waals surface area contributed by atoms with E-state index in [-0.39, 0.29) is 17.6 Å². The fraction of sp³-hybridized carbons (Fsp3) is 0.316. The number of anilines is 1. The zero-order valence-corrected chi connectivity index (χ0v) is 14.7. The van der Waals surface area contributed by atoms with Gasteiger partial charge in [0.25, 0.3) is 11.8 Å². The maximum atomic E-state index is 12.7. The molecule has 0 spiro atoms. The lowest BCUT2D eigenvalue weighted by Gasteiger charge is -2.17. The summed E-state index contributed by atoms with van der Waals surface area (Å²) < 4.78 is 6.97. The second-order valence-corrected chi connectivity index (χ2v) is 6.02. The van der Waals surface area contributed by atoms with E-state index in [9.17, 15) is 9.59 Å². The summed E-state index contributed by atoms with van der Waals surface area (Å²) in [6.45, 7) is 4.64. The van der Waals surface area contributed by atoms with Gasteiger partial charge in [-0.1, -0.05) is 6.08 Å². The van der Waals surface area contributed by atoms with E-state index in [4.69, 9.17) is 4.74 Å². The number of aromatic nitrogens is 2. The van der Waals surface area contributed by atoms with Crippen molar-refractivity contribution < 1.29 is 14.3 Å². The van der Waals surface area contributed by atoms with Crippen molar-refractivity contribution in [3.8, 4) is 5.75 Å². The molecule has 7 nitrogen and oxygen atoms in total. The third-order valence-electron chi connectivity index (χ3n) is 4.29. The van der Waals surface area contributed by atoms with Crippen LogP contribution in [0.2, 0.25) is 0 Å². The summed E-state index contributed by atoms with van der Waals surface area (Å²) in [5.41, 5.74) is 1.78. The number of methoxy groups -OCH3 is 1. The van der Waals surface area contributed by atoms with E-state index in [2.05, 4.69) is 22.2 Å². The zero-order valence-electron chi connectivity index (χ0n) is 14.7. The minimum atomic E-state index is -0.332. The Morgan fingerprint density at radius 1 is 1.27 bits per heavy atom. The van der Waals surface area contributed by atoms with Crippen LogP contribution in [0.5, 0.6) is 5.75 Å². The molecule has 2 amide bonds. The first-order valence-corrected chi connectivity index (χ1v) is 8.58. The quantitative estimate of drug-likeness (QED) is 0.780. The molecule has 0 saturated heterocycles. The number of hydrogen-bond donors (Lipinski definition) is 2. The van der Waals surface area contributed by atoms with Crippen LogP contribution < -0.4 is 15.4 Å². The molecule has 2 N–H and O–H groups in total. The van der Waals surface area contributed by atoms with Crippen molar-refractivity contribution in [2.45, 2.75) is 25.8 Å². The third-order valence-corrected chi connectivity index (χ3v) is 4.29. The van der Waals surface area contributed by atoms with E-state index >= 15 is 0 Å². The smallest absolute Gasteiger partial charge is 0.291 e. The summed E-state index contributed by atoms with van der Waals surface area (Å²) in [6, 6.07) is 7.05.